The summed E-state index contributed by atoms with van der Waals surface area (Å²) in [6.07, 6.45) is -0.587. The van der Waals surface area contributed by atoms with Crippen LogP contribution < -0.4 is 4.74 Å². The Bertz CT molecular complexity index is 597. The Hall–Kier alpha value is -1.03. The number of aryl methyl sites for hydroxylation is 1. The van der Waals surface area contributed by atoms with Crippen LogP contribution in [0, 0.1) is 6.92 Å². The summed E-state index contributed by atoms with van der Waals surface area (Å²) < 4.78 is 6.79. The zero-order valence-electron chi connectivity index (χ0n) is 10.7. The van der Waals surface area contributed by atoms with Crippen molar-refractivity contribution in [2.45, 2.75) is 20.0 Å². The normalized spacial score (nSPS) is 12.3. The molecule has 0 spiro atoms. The molecular formula is C15H14BrClO2. The molecule has 0 aromatic heterocycles. The van der Waals surface area contributed by atoms with E-state index in [-0.39, 0.29) is 0 Å². The van der Waals surface area contributed by atoms with Gasteiger partial charge in [0, 0.05) is 4.47 Å². The molecule has 0 fully saturated rings. The average molecular weight is 342 g/mol. The van der Waals surface area contributed by atoms with E-state index in [1.54, 1.807) is 25.1 Å². The van der Waals surface area contributed by atoms with Crippen molar-refractivity contribution < 1.29 is 9.84 Å². The molecule has 2 aromatic rings. The van der Waals surface area contributed by atoms with Gasteiger partial charge in [0.15, 0.2) is 0 Å². The lowest BCUT2D eigenvalue weighted by molar-refractivity contribution is 0.199. The predicted octanol–water partition coefficient (Wildman–Crippen LogP) is 5.26. The zero-order valence-corrected chi connectivity index (χ0v) is 13.0. The second-order valence-corrected chi connectivity index (χ2v) is 5.63. The van der Waals surface area contributed by atoms with Gasteiger partial charge < -0.3 is 9.84 Å². The van der Waals surface area contributed by atoms with Crippen molar-refractivity contribution in [3.05, 3.63) is 57.0 Å². The monoisotopic (exact) mass is 340 g/mol. The van der Waals surface area contributed by atoms with Crippen molar-refractivity contribution in [1.29, 1.82) is 0 Å². The summed E-state index contributed by atoms with van der Waals surface area (Å²) in [5, 5.41) is 10.0. The van der Waals surface area contributed by atoms with Crippen LogP contribution in [-0.4, -0.2) is 5.11 Å². The van der Waals surface area contributed by atoms with Gasteiger partial charge in [-0.15, -0.1) is 0 Å². The molecule has 0 aliphatic heterocycles. The number of aliphatic hydroxyl groups is 1. The summed E-state index contributed by atoms with van der Waals surface area (Å²) >= 11 is 9.55. The molecule has 0 heterocycles. The molecule has 0 aliphatic carbocycles. The van der Waals surface area contributed by atoms with Crippen LogP contribution in [0.5, 0.6) is 11.5 Å². The Labute approximate surface area is 126 Å². The van der Waals surface area contributed by atoms with Crippen LogP contribution in [0.15, 0.2) is 40.9 Å². The molecule has 4 heteroatoms. The quantitative estimate of drug-likeness (QED) is 0.825. The summed E-state index contributed by atoms with van der Waals surface area (Å²) in [4.78, 5) is 0. The first-order valence-corrected chi connectivity index (χ1v) is 7.06. The Morgan fingerprint density at radius 2 is 1.79 bits per heavy atom. The predicted molar refractivity (Wildman–Crippen MR) is 81.0 cm³/mol. The molecule has 2 aromatic carbocycles. The van der Waals surface area contributed by atoms with Crippen molar-refractivity contribution in [3.8, 4) is 11.5 Å². The van der Waals surface area contributed by atoms with Gasteiger partial charge in [0.05, 0.1) is 11.1 Å². The maximum Gasteiger partial charge on any atom is 0.128 e. The third-order valence-corrected chi connectivity index (χ3v) is 4.00. The Balaban J connectivity index is 2.24. The summed E-state index contributed by atoms with van der Waals surface area (Å²) in [5.74, 6) is 1.40. The lowest BCUT2D eigenvalue weighted by Crippen LogP contribution is -1.93. The Morgan fingerprint density at radius 1 is 1.16 bits per heavy atom. The molecule has 0 saturated carbocycles. The molecular weight excluding hydrogens is 328 g/mol. The highest BCUT2D eigenvalue weighted by atomic mass is 79.9. The molecule has 2 rings (SSSR count). The number of benzene rings is 2. The van der Waals surface area contributed by atoms with Crippen LogP contribution in [0.25, 0.3) is 0 Å². The van der Waals surface area contributed by atoms with Crippen LogP contribution in [0.3, 0.4) is 0 Å². The van der Waals surface area contributed by atoms with Gasteiger partial charge in [0.25, 0.3) is 0 Å². The van der Waals surface area contributed by atoms with Gasteiger partial charge in [-0.05, 0) is 55.3 Å². The fourth-order valence-corrected chi connectivity index (χ4v) is 2.30. The lowest BCUT2D eigenvalue weighted by Gasteiger charge is -2.11. The molecule has 0 radical (unpaired) electrons. The van der Waals surface area contributed by atoms with E-state index in [1.165, 1.54) is 0 Å². The highest BCUT2D eigenvalue weighted by molar-refractivity contribution is 9.10. The van der Waals surface area contributed by atoms with E-state index in [0.717, 1.165) is 15.8 Å². The maximum absolute atomic E-state index is 9.52. The van der Waals surface area contributed by atoms with E-state index in [2.05, 4.69) is 15.9 Å². The van der Waals surface area contributed by atoms with Crippen LogP contribution in [0.1, 0.15) is 24.2 Å². The first kappa shape index (κ1) is 14.4. The van der Waals surface area contributed by atoms with Crippen molar-refractivity contribution in [2.24, 2.45) is 0 Å². The van der Waals surface area contributed by atoms with Gasteiger partial charge in [-0.1, -0.05) is 33.6 Å². The lowest BCUT2D eigenvalue weighted by atomic mass is 10.1. The molecule has 2 nitrogen and oxygen atoms in total. The van der Waals surface area contributed by atoms with Crippen molar-refractivity contribution in [1.82, 2.24) is 0 Å². The molecule has 0 saturated heterocycles. The highest BCUT2D eigenvalue weighted by Gasteiger charge is 2.08. The van der Waals surface area contributed by atoms with E-state index in [4.69, 9.17) is 16.3 Å². The second-order valence-electron chi connectivity index (χ2n) is 4.37. The van der Waals surface area contributed by atoms with Gasteiger partial charge in [0.2, 0.25) is 0 Å². The van der Waals surface area contributed by atoms with Gasteiger partial charge >= 0.3 is 0 Å². The third kappa shape index (κ3) is 3.50. The van der Waals surface area contributed by atoms with Gasteiger partial charge in [-0.25, -0.2) is 0 Å². The summed E-state index contributed by atoms with van der Waals surface area (Å²) in [6, 6.07) is 11.0. The van der Waals surface area contributed by atoms with Crippen LogP contribution >= 0.6 is 27.5 Å². The highest BCUT2D eigenvalue weighted by Crippen LogP contribution is 2.31. The minimum Gasteiger partial charge on any atom is -0.457 e. The fourth-order valence-electron chi connectivity index (χ4n) is 1.73. The third-order valence-electron chi connectivity index (χ3n) is 2.79. The number of ether oxygens (including phenoxy) is 1. The molecule has 0 aliphatic rings. The number of hydrogen-bond donors (Lipinski definition) is 1. The Morgan fingerprint density at radius 3 is 2.37 bits per heavy atom. The van der Waals surface area contributed by atoms with Crippen LogP contribution in [0.2, 0.25) is 5.02 Å². The molecule has 1 unspecified atom stereocenters. The molecule has 1 atom stereocenters. The minimum absolute atomic E-state index is 0.501. The second kappa shape index (κ2) is 5.95. The SMILES string of the molecule is Cc1cc(Oc2ccc(C(C)O)c(Cl)c2)ccc1Br. The first-order chi connectivity index (χ1) is 8.97. The minimum atomic E-state index is -0.587. The zero-order chi connectivity index (χ0) is 14.0. The van der Waals surface area contributed by atoms with Crippen molar-refractivity contribution in [2.75, 3.05) is 0 Å². The van der Waals surface area contributed by atoms with Crippen LogP contribution in [-0.2, 0) is 0 Å². The van der Waals surface area contributed by atoms with E-state index in [1.807, 2.05) is 25.1 Å². The van der Waals surface area contributed by atoms with Gasteiger partial charge in [-0.3, -0.25) is 0 Å². The number of halogens is 2. The average Bonchev–Trinajstić information content (AvgIpc) is 2.33. The summed E-state index contributed by atoms with van der Waals surface area (Å²) in [6.45, 7) is 3.68. The molecule has 0 amide bonds. The van der Waals surface area contributed by atoms with E-state index < -0.39 is 6.10 Å². The smallest absolute Gasteiger partial charge is 0.128 e. The maximum atomic E-state index is 9.52. The molecule has 19 heavy (non-hydrogen) atoms. The number of aliphatic hydroxyl groups excluding tert-OH is 1. The van der Waals surface area contributed by atoms with Crippen molar-refractivity contribution in [3.63, 3.8) is 0 Å². The van der Waals surface area contributed by atoms with Crippen molar-refractivity contribution >= 4 is 27.5 Å². The first-order valence-electron chi connectivity index (χ1n) is 5.89. The molecule has 0 bridgehead atoms. The Kier molecular flexibility index (Phi) is 4.50. The standard InChI is InChI=1S/C15H14BrClO2/c1-9-7-11(4-6-14(9)16)19-12-3-5-13(10(2)18)15(17)8-12/h3-8,10,18H,1-2H3. The van der Waals surface area contributed by atoms with Crippen LogP contribution in [0.4, 0.5) is 0 Å². The van der Waals surface area contributed by atoms with E-state index in [9.17, 15) is 5.11 Å². The van der Waals surface area contributed by atoms with E-state index in [0.29, 0.717) is 16.3 Å². The summed E-state index contributed by atoms with van der Waals surface area (Å²) in [7, 11) is 0. The van der Waals surface area contributed by atoms with Gasteiger partial charge in [-0.2, -0.15) is 0 Å². The molecule has 100 valence electrons. The number of rotatable bonds is 3. The summed E-state index contributed by atoms with van der Waals surface area (Å²) in [5.41, 5.74) is 1.80. The fraction of sp³-hybridized carbons (Fsp3) is 0.200. The van der Waals surface area contributed by atoms with E-state index >= 15 is 0 Å². The largest absolute Gasteiger partial charge is 0.457 e. The molecule has 1 N–H and O–H groups in total. The number of hydrogen-bond acceptors (Lipinski definition) is 2. The topological polar surface area (TPSA) is 29.5 Å². The van der Waals surface area contributed by atoms with Gasteiger partial charge in [0.1, 0.15) is 11.5 Å².